The molecular weight excluding hydrogens is 316 g/mol. The van der Waals surface area contributed by atoms with Crippen molar-refractivity contribution in [2.75, 3.05) is 10.6 Å². The highest BCUT2D eigenvalue weighted by atomic mass is 16.3. The highest BCUT2D eigenvalue weighted by Crippen LogP contribution is 2.25. The molecule has 5 nitrogen and oxygen atoms in total. The van der Waals surface area contributed by atoms with E-state index in [1.807, 2.05) is 19.1 Å². The van der Waals surface area contributed by atoms with E-state index in [0.717, 1.165) is 25.7 Å². The third-order valence-corrected chi connectivity index (χ3v) is 4.65. The molecule has 0 unspecified atom stereocenters. The number of nitrogens with one attached hydrogen (secondary N) is 2. The zero-order chi connectivity index (χ0) is 17.8. The molecule has 1 aromatic heterocycles. The summed E-state index contributed by atoms with van der Waals surface area (Å²) < 4.78 is 5.40. The summed E-state index contributed by atoms with van der Waals surface area (Å²) in [5, 5.41) is 5.83. The molecule has 0 radical (unpaired) electrons. The Bertz CT molecular complexity index is 773. The monoisotopic (exact) mass is 340 g/mol. The Morgan fingerprint density at radius 2 is 1.68 bits per heavy atom. The van der Waals surface area contributed by atoms with E-state index < -0.39 is 0 Å². The van der Waals surface area contributed by atoms with Crippen LogP contribution in [0.5, 0.6) is 0 Å². The number of hydrogen-bond acceptors (Lipinski definition) is 3. The molecule has 1 aliphatic carbocycles. The van der Waals surface area contributed by atoms with Crippen molar-refractivity contribution >= 4 is 23.2 Å². The number of benzene rings is 1. The zero-order valence-electron chi connectivity index (χ0n) is 14.7. The van der Waals surface area contributed by atoms with Gasteiger partial charge in [0.05, 0.1) is 5.56 Å². The summed E-state index contributed by atoms with van der Waals surface area (Å²) >= 11 is 0. The molecule has 1 aliphatic rings. The van der Waals surface area contributed by atoms with Gasteiger partial charge in [0.1, 0.15) is 11.5 Å². The number of aryl methyl sites for hydroxylation is 2. The summed E-state index contributed by atoms with van der Waals surface area (Å²) in [4.78, 5) is 24.7. The Hall–Kier alpha value is -2.56. The molecule has 0 bridgehead atoms. The molecule has 0 spiro atoms. The Balaban J connectivity index is 1.65. The molecule has 2 amide bonds. The first-order valence-corrected chi connectivity index (χ1v) is 8.82. The van der Waals surface area contributed by atoms with E-state index in [2.05, 4.69) is 10.6 Å². The second-order valence-corrected chi connectivity index (χ2v) is 6.69. The van der Waals surface area contributed by atoms with Gasteiger partial charge in [0.2, 0.25) is 5.91 Å². The van der Waals surface area contributed by atoms with Crippen molar-refractivity contribution < 1.29 is 14.0 Å². The lowest BCUT2D eigenvalue weighted by molar-refractivity contribution is -0.120. The van der Waals surface area contributed by atoms with Gasteiger partial charge in [0.25, 0.3) is 5.91 Å². The maximum absolute atomic E-state index is 12.4. The first-order chi connectivity index (χ1) is 12.0. The largest absolute Gasteiger partial charge is 0.466 e. The first-order valence-electron chi connectivity index (χ1n) is 8.82. The quantitative estimate of drug-likeness (QED) is 0.850. The van der Waals surface area contributed by atoms with Gasteiger partial charge in [-0.05, 0) is 51.0 Å². The van der Waals surface area contributed by atoms with E-state index >= 15 is 0 Å². The Labute approximate surface area is 147 Å². The molecule has 0 saturated heterocycles. The van der Waals surface area contributed by atoms with Gasteiger partial charge in [-0.25, -0.2) is 0 Å². The molecule has 1 saturated carbocycles. The van der Waals surface area contributed by atoms with Gasteiger partial charge < -0.3 is 15.1 Å². The van der Waals surface area contributed by atoms with Crippen molar-refractivity contribution in [1.29, 1.82) is 0 Å². The van der Waals surface area contributed by atoms with Crippen molar-refractivity contribution in [3.63, 3.8) is 0 Å². The molecule has 132 valence electrons. The van der Waals surface area contributed by atoms with E-state index in [4.69, 9.17) is 4.42 Å². The van der Waals surface area contributed by atoms with Crippen LogP contribution in [0, 0.1) is 19.8 Å². The van der Waals surface area contributed by atoms with Gasteiger partial charge in [-0.1, -0.05) is 25.3 Å². The van der Waals surface area contributed by atoms with E-state index in [0.29, 0.717) is 28.5 Å². The number of hydrogen-bond donors (Lipinski definition) is 2. The number of rotatable bonds is 4. The topological polar surface area (TPSA) is 71.3 Å². The third kappa shape index (κ3) is 4.29. The number of furan rings is 1. The Morgan fingerprint density at radius 3 is 2.32 bits per heavy atom. The molecule has 0 aliphatic heterocycles. The summed E-state index contributed by atoms with van der Waals surface area (Å²) in [7, 11) is 0. The lowest BCUT2D eigenvalue weighted by Gasteiger charge is -2.20. The molecule has 25 heavy (non-hydrogen) atoms. The van der Waals surface area contributed by atoms with Crippen LogP contribution >= 0.6 is 0 Å². The van der Waals surface area contributed by atoms with Crippen LogP contribution in [-0.2, 0) is 4.79 Å². The smallest absolute Gasteiger partial charge is 0.259 e. The van der Waals surface area contributed by atoms with Crippen molar-refractivity contribution in [1.82, 2.24) is 0 Å². The van der Waals surface area contributed by atoms with Crippen molar-refractivity contribution in [3.8, 4) is 0 Å². The predicted octanol–water partition coefficient (Wildman–Crippen LogP) is 4.67. The summed E-state index contributed by atoms with van der Waals surface area (Å²) in [6.45, 7) is 3.58. The number of carbonyl (C=O) groups is 2. The van der Waals surface area contributed by atoms with E-state index in [1.54, 1.807) is 25.1 Å². The minimum absolute atomic E-state index is 0.0736. The summed E-state index contributed by atoms with van der Waals surface area (Å²) in [5.41, 5.74) is 1.87. The summed E-state index contributed by atoms with van der Waals surface area (Å²) in [5.74, 6) is 1.26. The average molecular weight is 340 g/mol. The SMILES string of the molecule is Cc1cc(C(=O)Nc2cccc(NC(=O)C3CCCCC3)c2)c(C)o1. The molecular formula is C20H24N2O3. The fourth-order valence-corrected chi connectivity index (χ4v) is 3.34. The van der Waals surface area contributed by atoms with Crippen molar-refractivity contribution in [3.05, 3.63) is 47.4 Å². The number of anilines is 2. The second-order valence-electron chi connectivity index (χ2n) is 6.69. The minimum Gasteiger partial charge on any atom is -0.466 e. The van der Waals surface area contributed by atoms with Gasteiger partial charge in [0.15, 0.2) is 0 Å². The lowest BCUT2D eigenvalue weighted by atomic mass is 9.88. The molecule has 1 fully saturated rings. The van der Waals surface area contributed by atoms with Crippen LogP contribution in [0.4, 0.5) is 11.4 Å². The van der Waals surface area contributed by atoms with Crippen molar-refractivity contribution in [2.24, 2.45) is 5.92 Å². The van der Waals surface area contributed by atoms with Crippen LogP contribution in [0.15, 0.2) is 34.7 Å². The van der Waals surface area contributed by atoms with Crippen LogP contribution in [0.3, 0.4) is 0 Å². The minimum atomic E-state index is -0.217. The maximum Gasteiger partial charge on any atom is 0.259 e. The van der Waals surface area contributed by atoms with E-state index in [1.165, 1.54) is 6.42 Å². The fourth-order valence-electron chi connectivity index (χ4n) is 3.34. The second kappa shape index (κ2) is 7.55. The molecule has 2 aromatic rings. The fraction of sp³-hybridized carbons (Fsp3) is 0.400. The molecule has 5 heteroatoms. The van der Waals surface area contributed by atoms with Crippen LogP contribution < -0.4 is 10.6 Å². The number of carbonyl (C=O) groups excluding carboxylic acids is 2. The van der Waals surface area contributed by atoms with Crippen LogP contribution in [0.1, 0.15) is 54.0 Å². The van der Waals surface area contributed by atoms with Gasteiger partial charge in [-0.3, -0.25) is 9.59 Å². The summed E-state index contributed by atoms with van der Waals surface area (Å²) in [6, 6.07) is 8.96. The van der Waals surface area contributed by atoms with Gasteiger partial charge in [-0.2, -0.15) is 0 Å². The van der Waals surface area contributed by atoms with E-state index in [-0.39, 0.29) is 17.7 Å². The normalized spacial score (nSPS) is 15.0. The molecule has 1 aromatic carbocycles. The Morgan fingerprint density at radius 1 is 1.00 bits per heavy atom. The van der Waals surface area contributed by atoms with Gasteiger partial charge in [-0.15, -0.1) is 0 Å². The molecule has 1 heterocycles. The third-order valence-electron chi connectivity index (χ3n) is 4.65. The molecule has 0 atom stereocenters. The maximum atomic E-state index is 12.4. The van der Waals surface area contributed by atoms with E-state index in [9.17, 15) is 9.59 Å². The lowest BCUT2D eigenvalue weighted by Crippen LogP contribution is -2.24. The van der Waals surface area contributed by atoms with Crippen LogP contribution in [0.25, 0.3) is 0 Å². The van der Waals surface area contributed by atoms with Gasteiger partial charge in [0, 0.05) is 17.3 Å². The Kier molecular flexibility index (Phi) is 5.22. The van der Waals surface area contributed by atoms with Crippen molar-refractivity contribution in [2.45, 2.75) is 46.0 Å². The summed E-state index contributed by atoms with van der Waals surface area (Å²) in [6.07, 6.45) is 5.39. The van der Waals surface area contributed by atoms with Gasteiger partial charge >= 0.3 is 0 Å². The molecule has 2 N–H and O–H groups in total. The number of amides is 2. The predicted molar refractivity (Wildman–Crippen MR) is 97.8 cm³/mol. The van der Waals surface area contributed by atoms with Crippen LogP contribution in [-0.4, -0.2) is 11.8 Å². The first kappa shape index (κ1) is 17.3. The van der Waals surface area contributed by atoms with Crippen LogP contribution in [0.2, 0.25) is 0 Å². The standard InChI is InChI=1S/C20H24N2O3/c1-13-11-18(14(2)25-13)20(24)22-17-10-6-9-16(12-17)21-19(23)15-7-4-3-5-8-15/h6,9-12,15H,3-5,7-8H2,1-2H3,(H,21,23)(H,22,24). The highest BCUT2D eigenvalue weighted by molar-refractivity contribution is 6.05. The highest BCUT2D eigenvalue weighted by Gasteiger charge is 2.21. The average Bonchev–Trinajstić information content (AvgIpc) is 2.94. The molecule has 3 rings (SSSR count). The zero-order valence-corrected chi connectivity index (χ0v) is 14.7.